The normalized spacial score (nSPS) is 10.2. The Labute approximate surface area is 162 Å². The number of hydrogen-bond donors (Lipinski definition) is 2. The number of esters is 1. The summed E-state index contributed by atoms with van der Waals surface area (Å²) in [5, 5.41) is 5.97. The third kappa shape index (κ3) is 4.91. The fourth-order valence-corrected chi connectivity index (χ4v) is 2.57. The molecule has 28 heavy (non-hydrogen) atoms. The number of methoxy groups -OCH3 is 1. The summed E-state index contributed by atoms with van der Waals surface area (Å²) in [4.78, 5) is 32.6. The van der Waals surface area contributed by atoms with Gasteiger partial charge in [-0.05, 0) is 36.8 Å². The van der Waals surface area contributed by atoms with Crippen molar-refractivity contribution in [1.29, 1.82) is 0 Å². The molecule has 0 bridgehead atoms. The van der Waals surface area contributed by atoms with E-state index in [0.29, 0.717) is 29.4 Å². The first kappa shape index (κ1) is 19.0. The molecule has 0 unspecified atom stereocenters. The number of rotatable bonds is 6. The minimum absolute atomic E-state index is 0.250. The van der Waals surface area contributed by atoms with Gasteiger partial charge in [-0.25, -0.2) is 14.8 Å². The third-order valence-corrected chi connectivity index (χ3v) is 3.95. The second kappa shape index (κ2) is 8.77. The van der Waals surface area contributed by atoms with E-state index in [-0.39, 0.29) is 11.6 Å². The zero-order valence-corrected chi connectivity index (χ0v) is 15.6. The van der Waals surface area contributed by atoms with Gasteiger partial charge in [0.2, 0.25) is 0 Å². The molecular formula is C21H20N4O3. The summed E-state index contributed by atoms with van der Waals surface area (Å²) in [7, 11) is 1.32. The van der Waals surface area contributed by atoms with Gasteiger partial charge in [0.15, 0.2) is 0 Å². The van der Waals surface area contributed by atoms with Crippen LogP contribution in [0.25, 0.3) is 0 Å². The lowest BCUT2D eigenvalue weighted by Crippen LogP contribution is -2.16. The Morgan fingerprint density at radius 2 is 1.71 bits per heavy atom. The van der Waals surface area contributed by atoms with E-state index in [0.717, 1.165) is 5.56 Å². The molecule has 3 rings (SSSR count). The van der Waals surface area contributed by atoms with Gasteiger partial charge < -0.3 is 15.4 Å². The number of aromatic nitrogens is 2. The highest BCUT2D eigenvalue weighted by molar-refractivity contribution is 6.03. The average molecular weight is 376 g/mol. The summed E-state index contributed by atoms with van der Waals surface area (Å²) in [5.74, 6) is 0.268. The van der Waals surface area contributed by atoms with Crippen LogP contribution in [0.1, 0.15) is 32.2 Å². The van der Waals surface area contributed by atoms with Gasteiger partial charge in [-0.15, -0.1) is 0 Å². The van der Waals surface area contributed by atoms with Crippen LogP contribution in [0.15, 0.2) is 60.7 Å². The molecule has 1 heterocycles. The number of aryl methyl sites for hydroxylation is 1. The summed E-state index contributed by atoms with van der Waals surface area (Å²) in [5.41, 5.74) is 2.31. The molecule has 0 aliphatic rings. The van der Waals surface area contributed by atoms with Crippen LogP contribution in [0, 0.1) is 6.92 Å². The van der Waals surface area contributed by atoms with Gasteiger partial charge in [-0.1, -0.05) is 30.3 Å². The van der Waals surface area contributed by atoms with E-state index in [4.69, 9.17) is 0 Å². The van der Waals surface area contributed by atoms with Crippen molar-refractivity contribution >= 4 is 23.4 Å². The Hall–Kier alpha value is -3.74. The Bertz CT molecular complexity index is 973. The first-order valence-electron chi connectivity index (χ1n) is 8.68. The van der Waals surface area contributed by atoms with Crippen molar-refractivity contribution in [3.63, 3.8) is 0 Å². The number of benzene rings is 2. The highest BCUT2D eigenvalue weighted by atomic mass is 16.5. The maximum atomic E-state index is 12.5. The number of carbonyl (C=O) groups is 2. The van der Waals surface area contributed by atoms with E-state index in [1.165, 1.54) is 7.11 Å². The molecule has 3 aromatic rings. The van der Waals surface area contributed by atoms with Gasteiger partial charge in [0.25, 0.3) is 5.91 Å². The second-order valence-corrected chi connectivity index (χ2v) is 6.05. The smallest absolute Gasteiger partial charge is 0.337 e. The predicted molar refractivity (Wildman–Crippen MR) is 106 cm³/mol. The van der Waals surface area contributed by atoms with Crippen LogP contribution in [-0.4, -0.2) is 29.0 Å². The van der Waals surface area contributed by atoms with E-state index in [1.54, 1.807) is 37.3 Å². The molecule has 142 valence electrons. The van der Waals surface area contributed by atoms with Crippen molar-refractivity contribution in [2.75, 3.05) is 17.7 Å². The summed E-state index contributed by atoms with van der Waals surface area (Å²) in [6.45, 7) is 2.32. The highest BCUT2D eigenvalue weighted by Gasteiger charge is 2.12. The maximum Gasteiger partial charge on any atom is 0.337 e. The lowest BCUT2D eigenvalue weighted by molar-refractivity contribution is 0.0600. The fraction of sp³-hybridized carbons (Fsp3) is 0.143. The van der Waals surface area contributed by atoms with Crippen molar-refractivity contribution in [2.24, 2.45) is 0 Å². The summed E-state index contributed by atoms with van der Waals surface area (Å²) >= 11 is 0. The van der Waals surface area contributed by atoms with Crippen molar-refractivity contribution < 1.29 is 14.3 Å². The molecule has 0 atom stereocenters. The van der Waals surface area contributed by atoms with Gasteiger partial charge in [0.1, 0.15) is 17.3 Å². The van der Waals surface area contributed by atoms with Crippen LogP contribution in [0.2, 0.25) is 0 Å². The predicted octanol–water partition coefficient (Wildman–Crippen LogP) is 3.44. The Morgan fingerprint density at radius 1 is 1.00 bits per heavy atom. The number of ether oxygens (including phenoxy) is 1. The lowest BCUT2D eigenvalue weighted by atomic mass is 10.2. The fourth-order valence-electron chi connectivity index (χ4n) is 2.57. The molecule has 0 aliphatic heterocycles. The van der Waals surface area contributed by atoms with Crippen LogP contribution in [-0.2, 0) is 11.3 Å². The standard InChI is InChI=1S/C21H20N4O3/c1-14-23-18(12-19(24-14)22-13-15-6-4-3-5-7-15)20(26)25-17-10-8-16(9-11-17)21(27)28-2/h3-12H,13H2,1-2H3,(H,25,26)(H,22,23,24). The third-order valence-electron chi connectivity index (χ3n) is 3.95. The number of carbonyl (C=O) groups excluding carboxylic acids is 2. The minimum atomic E-state index is -0.432. The maximum absolute atomic E-state index is 12.5. The number of nitrogens with one attached hydrogen (secondary N) is 2. The van der Waals surface area contributed by atoms with Crippen LogP contribution in [0.3, 0.4) is 0 Å². The van der Waals surface area contributed by atoms with Crippen molar-refractivity contribution in [3.05, 3.63) is 83.3 Å². The number of nitrogens with zero attached hydrogens (tertiary/aromatic N) is 2. The van der Waals surface area contributed by atoms with Gasteiger partial charge in [-0.3, -0.25) is 4.79 Å². The summed E-state index contributed by atoms with van der Waals surface area (Å²) in [6, 6.07) is 17.9. The highest BCUT2D eigenvalue weighted by Crippen LogP contribution is 2.14. The van der Waals surface area contributed by atoms with Crippen LogP contribution in [0.5, 0.6) is 0 Å². The molecule has 0 aliphatic carbocycles. The van der Waals surface area contributed by atoms with Crippen LogP contribution < -0.4 is 10.6 Å². The molecular weight excluding hydrogens is 356 g/mol. The number of hydrogen-bond acceptors (Lipinski definition) is 6. The van der Waals surface area contributed by atoms with Crippen LogP contribution >= 0.6 is 0 Å². The number of anilines is 2. The molecule has 1 amide bonds. The Balaban J connectivity index is 1.69. The lowest BCUT2D eigenvalue weighted by Gasteiger charge is -2.09. The second-order valence-electron chi connectivity index (χ2n) is 6.05. The van der Waals surface area contributed by atoms with E-state index in [1.807, 2.05) is 30.3 Å². The SMILES string of the molecule is COC(=O)c1ccc(NC(=O)c2cc(NCc3ccccc3)nc(C)n2)cc1. The van der Waals surface area contributed by atoms with Crippen molar-refractivity contribution in [1.82, 2.24) is 9.97 Å². The molecule has 2 N–H and O–H groups in total. The van der Waals surface area contributed by atoms with Gasteiger partial charge in [-0.2, -0.15) is 0 Å². The van der Waals surface area contributed by atoms with E-state index < -0.39 is 5.97 Å². The largest absolute Gasteiger partial charge is 0.465 e. The molecule has 0 saturated carbocycles. The van der Waals surface area contributed by atoms with Crippen LogP contribution in [0.4, 0.5) is 11.5 Å². The molecule has 0 radical (unpaired) electrons. The molecule has 2 aromatic carbocycles. The Kier molecular flexibility index (Phi) is 5.96. The topological polar surface area (TPSA) is 93.2 Å². The van der Waals surface area contributed by atoms with E-state index >= 15 is 0 Å². The zero-order chi connectivity index (χ0) is 19.9. The Morgan fingerprint density at radius 3 is 2.39 bits per heavy atom. The minimum Gasteiger partial charge on any atom is -0.465 e. The van der Waals surface area contributed by atoms with E-state index in [2.05, 4.69) is 25.3 Å². The molecule has 7 nitrogen and oxygen atoms in total. The molecule has 0 spiro atoms. The van der Waals surface area contributed by atoms with E-state index in [9.17, 15) is 9.59 Å². The van der Waals surface area contributed by atoms with Crippen molar-refractivity contribution in [3.8, 4) is 0 Å². The summed E-state index contributed by atoms with van der Waals surface area (Å²) < 4.78 is 4.66. The zero-order valence-electron chi connectivity index (χ0n) is 15.6. The average Bonchev–Trinajstić information content (AvgIpc) is 2.72. The monoisotopic (exact) mass is 376 g/mol. The van der Waals surface area contributed by atoms with Gasteiger partial charge in [0, 0.05) is 18.3 Å². The first-order chi connectivity index (χ1) is 13.5. The molecule has 0 fully saturated rings. The first-order valence-corrected chi connectivity index (χ1v) is 8.68. The quantitative estimate of drug-likeness (QED) is 0.640. The van der Waals surface area contributed by atoms with Crippen molar-refractivity contribution in [2.45, 2.75) is 13.5 Å². The summed E-state index contributed by atoms with van der Waals surface area (Å²) in [6.07, 6.45) is 0. The molecule has 0 saturated heterocycles. The molecule has 7 heteroatoms. The van der Waals surface area contributed by atoms with Gasteiger partial charge in [0.05, 0.1) is 12.7 Å². The van der Waals surface area contributed by atoms with Gasteiger partial charge >= 0.3 is 5.97 Å². The molecule has 1 aromatic heterocycles. The number of amides is 1.